The van der Waals surface area contributed by atoms with E-state index in [0.717, 1.165) is 35.3 Å². The van der Waals surface area contributed by atoms with Gasteiger partial charge in [0.25, 0.3) is 0 Å². The van der Waals surface area contributed by atoms with Crippen molar-refractivity contribution >= 4 is 0 Å². The number of nitrogens with zero attached hydrogens (tertiary/aromatic N) is 3. The number of nitrogens with one attached hydrogen (secondary N) is 1. The highest BCUT2D eigenvalue weighted by molar-refractivity contribution is 5.62. The summed E-state index contributed by atoms with van der Waals surface area (Å²) >= 11 is 0. The van der Waals surface area contributed by atoms with Crippen LogP contribution in [0.3, 0.4) is 0 Å². The second-order valence-corrected chi connectivity index (χ2v) is 6.09. The molecule has 0 bridgehead atoms. The summed E-state index contributed by atoms with van der Waals surface area (Å²) in [6.07, 6.45) is 7.09. The number of aromatic nitrogens is 3. The van der Waals surface area contributed by atoms with Crippen molar-refractivity contribution in [3.63, 3.8) is 0 Å². The van der Waals surface area contributed by atoms with Crippen LogP contribution in [0.15, 0.2) is 61.1 Å². The molecule has 5 nitrogen and oxygen atoms in total. The van der Waals surface area contributed by atoms with Crippen LogP contribution < -0.4 is 5.32 Å². The highest BCUT2D eigenvalue weighted by Gasteiger charge is 2.12. The molecule has 1 aromatic carbocycles. The Morgan fingerprint density at radius 1 is 1.12 bits per heavy atom. The summed E-state index contributed by atoms with van der Waals surface area (Å²) in [5.74, 6) is 0. The lowest BCUT2D eigenvalue weighted by Crippen LogP contribution is -2.26. The Morgan fingerprint density at radius 2 is 1.88 bits per heavy atom. The number of benzene rings is 1. The van der Waals surface area contributed by atoms with Gasteiger partial charge in [-0.15, -0.1) is 0 Å². The molecule has 1 atom stereocenters. The standard InChI is InChI=1S/C20H24N4O/c1-2-6-19(25)14-22-13-17-15-24(18-7-4-3-5-8-18)23-20(17)16-9-11-21-12-10-16/h3-5,7-12,15,19,22,25H,2,6,13-14H2,1H3. The lowest BCUT2D eigenvalue weighted by molar-refractivity contribution is 0.160. The van der Waals surface area contributed by atoms with Crippen LogP contribution in [-0.2, 0) is 6.54 Å². The van der Waals surface area contributed by atoms with Crippen molar-refractivity contribution in [2.75, 3.05) is 6.54 Å². The van der Waals surface area contributed by atoms with Crippen LogP contribution in [0.4, 0.5) is 0 Å². The zero-order chi connectivity index (χ0) is 17.5. The number of hydrogen-bond donors (Lipinski definition) is 2. The third-order valence-corrected chi connectivity index (χ3v) is 4.08. The van der Waals surface area contributed by atoms with Crippen LogP contribution in [0.25, 0.3) is 16.9 Å². The van der Waals surface area contributed by atoms with Gasteiger partial charge >= 0.3 is 0 Å². The van der Waals surface area contributed by atoms with Crippen molar-refractivity contribution in [3.05, 3.63) is 66.6 Å². The molecular weight excluding hydrogens is 312 g/mol. The molecule has 130 valence electrons. The number of aliphatic hydroxyl groups is 1. The third kappa shape index (κ3) is 4.53. The van der Waals surface area contributed by atoms with Gasteiger partial charge in [0.15, 0.2) is 0 Å². The number of hydrogen-bond acceptors (Lipinski definition) is 4. The van der Waals surface area contributed by atoms with E-state index in [1.807, 2.05) is 53.3 Å². The highest BCUT2D eigenvalue weighted by Crippen LogP contribution is 2.23. The smallest absolute Gasteiger partial charge is 0.0973 e. The lowest BCUT2D eigenvalue weighted by Gasteiger charge is -2.10. The van der Waals surface area contributed by atoms with Crippen LogP contribution >= 0.6 is 0 Å². The summed E-state index contributed by atoms with van der Waals surface area (Å²) in [4.78, 5) is 4.09. The van der Waals surface area contributed by atoms with Gasteiger partial charge in [-0.1, -0.05) is 31.5 Å². The Morgan fingerprint density at radius 3 is 2.60 bits per heavy atom. The van der Waals surface area contributed by atoms with Gasteiger partial charge in [0.1, 0.15) is 0 Å². The molecule has 3 rings (SSSR count). The largest absolute Gasteiger partial charge is 0.392 e. The molecule has 2 aromatic heterocycles. The Hall–Kier alpha value is -2.50. The van der Waals surface area contributed by atoms with E-state index in [-0.39, 0.29) is 6.10 Å². The lowest BCUT2D eigenvalue weighted by atomic mass is 10.1. The maximum Gasteiger partial charge on any atom is 0.0973 e. The first-order valence-electron chi connectivity index (χ1n) is 8.71. The van der Waals surface area contributed by atoms with Crippen molar-refractivity contribution in [1.29, 1.82) is 0 Å². The van der Waals surface area contributed by atoms with Gasteiger partial charge < -0.3 is 10.4 Å². The first-order chi connectivity index (χ1) is 12.3. The molecule has 0 aliphatic heterocycles. The van der Waals surface area contributed by atoms with E-state index < -0.39 is 0 Å². The molecule has 0 aliphatic rings. The number of rotatable bonds is 8. The molecule has 1 unspecified atom stereocenters. The average molecular weight is 336 g/mol. The van der Waals surface area contributed by atoms with E-state index in [9.17, 15) is 5.11 Å². The molecule has 0 fully saturated rings. The van der Waals surface area contributed by atoms with Gasteiger partial charge in [0.2, 0.25) is 0 Å². The van der Waals surface area contributed by atoms with Crippen LogP contribution in [-0.4, -0.2) is 32.5 Å². The van der Waals surface area contributed by atoms with Crippen molar-refractivity contribution < 1.29 is 5.11 Å². The van der Waals surface area contributed by atoms with Gasteiger partial charge in [-0.3, -0.25) is 4.98 Å². The molecule has 0 amide bonds. The fourth-order valence-corrected chi connectivity index (χ4v) is 2.81. The first-order valence-corrected chi connectivity index (χ1v) is 8.71. The van der Waals surface area contributed by atoms with Crippen LogP contribution in [0.1, 0.15) is 25.3 Å². The summed E-state index contributed by atoms with van der Waals surface area (Å²) < 4.78 is 1.90. The summed E-state index contributed by atoms with van der Waals surface area (Å²) in [5, 5.41) is 18.0. The molecule has 0 spiro atoms. The Labute approximate surface area is 148 Å². The number of pyridine rings is 1. The summed E-state index contributed by atoms with van der Waals surface area (Å²) in [5.41, 5.74) is 4.09. The molecule has 2 heterocycles. The summed E-state index contributed by atoms with van der Waals surface area (Å²) in [7, 11) is 0. The fourth-order valence-electron chi connectivity index (χ4n) is 2.81. The minimum atomic E-state index is -0.307. The minimum absolute atomic E-state index is 0.307. The Bertz CT molecular complexity index is 771. The van der Waals surface area contributed by atoms with Crippen LogP contribution in [0.5, 0.6) is 0 Å². The number of para-hydroxylation sites is 1. The fraction of sp³-hybridized carbons (Fsp3) is 0.300. The van der Waals surface area contributed by atoms with Crippen molar-refractivity contribution in [2.24, 2.45) is 0 Å². The second kappa shape index (κ2) is 8.55. The van der Waals surface area contributed by atoms with E-state index in [0.29, 0.717) is 13.1 Å². The monoisotopic (exact) mass is 336 g/mol. The van der Waals surface area contributed by atoms with E-state index in [2.05, 4.69) is 17.2 Å². The maximum absolute atomic E-state index is 9.91. The van der Waals surface area contributed by atoms with Crippen molar-refractivity contribution in [3.8, 4) is 16.9 Å². The molecule has 0 saturated carbocycles. The molecule has 0 radical (unpaired) electrons. The zero-order valence-electron chi connectivity index (χ0n) is 14.5. The van der Waals surface area contributed by atoms with E-state index in [1.165, 1.54) is 0 Å². The predicted molar refractivity (Wildman–Crippen MR) is 99.4 cm³/mol. The summed E-state index contributed by atoms with van der Waals surface area (Å²) in [6.45, 7) is 3.32. The minimum Gasteiger partial charge on any atom is -0.392 e. The third-order valence-electron chi connectivity index (χ3n) is 4.08. The molecule has 5 heteroatoms. The van der Waals surface area contributed by atoms with E-state index in [1.54, 1.807) is 12.4 Å². The molecule has 3 aromatic rings. The predicted octanol–water partition coefficient (Wildman–Crippen LogP) is 3.18. The molecule has 2 N–H and O–H groups in total. The van der Waals surface area contributed by atoms with E-state index >= 15 is 0 Å². The van der Waals surface area contributed by atoms with Gasteiger partial charge in [-0.05, 0) is 30.7 Å². The van der Waals surface area contributed by atoms with E-state index in [4.69, 9.17) is 5.10 Å². The van der Waals surface area contributed by atoms with Gasteiger partial charge in [-0.2, -0.15) is 5.10 Å². The normalized spacial score (nSPS) is 12.2. The van der Waals surface area contributed by atoms with Gasteiger partial charge in [-0.25, -0.2) is 4.68 Å². The van der Waals surface area contributed by atoms with Gasteiger partial charge in [0.05, 0.1) is 17.5 Å². The quantitative estimate of drug-likeness (QED) is 0.663. The Kier molecular flexibility index (Phi) is 5.93. The number of aliphatic hydroxyl groups excluding tert-OH is 1. The highest BCUT2D eigenvalue weighted by atomic mass is 16.3. The molecular formula is C20H24N4O. The van der Waals surface area contributed by atoms with Crippen LogP contribution in [0, 0.1) is 0 Å². The van der Waals surface area contributed by atoms with Gasteiger partial charge in [0, 0.05) is 42.8 Å². The zero-order valence-corrected chi connectivity index (χ0v) is 14.5. The second-order valence-electron chi connectivity index (χ2n) is 6.09. The molecule has 0 saturated heterocycles. The van der Waals surface area contributed by atoms with Crippen LogP contribution in [0.2, 0.25) is 0 Å². The SMILES string of the molecule is CCCC(O)CNCc1cn(-c2ccccc2)nc1-c1ccncc1. The topological polar surface area (TPSA) is 63.0 Å². The Balaban J connectivity index is 1.83. The maximum atomic E-state index is 9.91. The average Bonchev–Trinajstić information content (AvgIpc) is 3.08. The van der Waals surface area contributed by atoms with Crippen molar-refractivity contribution in [1.82, 2.24) is 20.1 Å². The summed E-state index contributed by atoms with van der Waals surface area (Å²) in [6, 6.07) is 14.0. The molecule has 25 heavy (non-hydrogen) atoms. The molecule has 0 aliphatic carbocycles. The first kappa shape index (κ1) is 17.3. The van der Waals surface area contributed by atoms with Crippen molar-refractivity contribution in [2.45, 2.75) is 32.4 Å².